The van der Waals surface area contributed by atoms with Crippen molar-refractivity contribution < 1.29 is 9.53 Å². The van der Waals surface area contributed by atoms with Crippen LogP contribution in [0.25, 0.3) is 6.08 Å². The molecule has 0 saturated heterocycles. The Morgan fingerprint density at radius 3 is 2.75 bits per heavy atom. The maximum atomic E-state index is 11.1. The summed E-state index contributed by atoms with van der Waals surface area (Å²) in [5, 5.41) is 3.04. The number of carbonyl (C=O) groups is 1. The average Bonchev–Trinajstić information content (AvgIpc) is 2.34. The van der Waals surface area contributed by atoms with Gasteiger partial charge in [0.1, 0.15) is 6.04 Å². The van der Waals surface area contributed by atoms with Crippen LogP contribution < -0.4 is 5.32 Å². The Hall–Kier alpha value is -1.61. The summed E-state index contributed by atoms with van der Waals surface area (Å²) in [6.07, 6.45) is 3.99. The summed E-state index contributed by atoms with van der Waals surface area (Å²) >= 11 is 0. The van der Waals surface area contributed by atoms with Crippen LogP contribution in [0.4, 0.5) is 0 Å². The smallest absolute Gasteiger partial charge is 0.322 e. The largest absolute Gasteiger partial charge is 0.468 e. The molecule has 0 saturated carbocycles. The normalized spacial score (nSPS) is 12.6. The van der Waals surface area contributed by atoms with Gasteiger partial charge < -0.3 is 10.1 Å². The van der Waals surface area contributed by atoms with Gasteiger partial charge in [0.15, 0.2) is 0 Å². The Morgan fingerprint density at radius 2 is 2.12 bits per heavy atom. The molecule has 1 atom stereocenters. The van der Waals surface area contributed by atoms with Crippen molar-refractivity contribution in [2.45, 2.75) is 13.0 Å². The molecule has 3 heteroatoms. The Bertz CT molecular complexity index is 346. The maximum absolute atomic E-state index is 11.1. The van der Waals surface area contributed by atoms with Crippen molar-refractivity contribution in [1.82, 2.24) is 5.32 Å². The first-order chi connectivity index (χ1) is 7.74. The van der Waals surface area contributed by atoms with Crippen molar-refractivity contribution in [2.24, 2.45) is 0 Å². The van der Waals surface area contributed by atoms with Gasteiger partial charge in [-0.1, -0.05) is 42.5 Å². The van der Waals surface area contributed by atoms with E-state index in [2.05, 4.69) is 10.1 Å². The zero-order valence-corrected chi connectivity index (χ0v) is 9.64. The van der Waals surface area contributed by atoms with Crippen molar-refractivity contribution in [3.8, 4) is 0 Å². The molecule has 0 fully saturated rings. The predicted octanol–water partition coefficient (Wildman–Crippen LogP) is 1.85. The molecule has 1 aromatic carbocycles. The molecule has 0 amide bonds. The summed E-state index contributed by atoms with van der Waals surface area (Å²) in [4.78, 5) is 11.1. The van der Waals surface area contributed by atoms with Crippen LogP contribution in [0.1, 0.15) is 12.5 Å². The van der Waals surface area contributed by atoms with E-state index in [1.165, 1.54) is 7.11 Å². The molecule has 0 radical (unpaired) electrons. The van der Waals surface area contributed by atoms with Crippen LogP contribution in [0, 0.1) is 0 Å². The molecule has 0 spiro atoms. The lowest BCUT2D eigenvalue weighted by molar-refractivity contribution is -0.142. The number of methoxy groups -OCH3 is 1. The van der Waals surface area contributed by atoms with E-state index in [0.717, 1.165) is 5.56 Å². The van der Waals surface area contributed by atoms with Crippen LogP contribution in [-0.2, 0) is 9.53 Å². The highest BCUT2D eigenvalue weighted by Crippen LogP contribution is 2.00. The minimum absolute atomic E-state index is 0.242. The topological polar surface area (TPSA) is 38.3 Å². The van der Waals surface area contributed by atoms with Crippen molar-refractivity contribution >= 4 is 12.0 Å². The standard InChI is InChI=1S/C13H17NO2/c1-11(13(15)16-2)14-10-6-9-12-7-4-3-5-8-12/h3-9,11,14H,10H2,1-2H3/b9-6+. The first-order valence-electron chi connectivity index (χ1n) is 5.27. The average molecular weight is 219 g/mol. The highest BCUT2D eigenvalue weighted by atomic mass is 16.5. The van der Waals surface area contributed by atoms with Crippen LogP contribution in [0.2, 0.25) is 0 Å². The van der Waals surface area contributed by atoms with Gasteiger partial charge in [0, 0.05) is 6.54 Å². The van der Waals surface area contributed by atoms with Gasteiger partial charge in [0.2, 0.25) is 0 Å². The molecule has 3 nitrogen and oxygen atoms in total. The van der Waals surface area contributed by atoms with Gasteiger partial charge in [-0.3, -0.25) is 4.79 Å². The Kier molecular flexibility index (Phi) is 5.29. The fraction of sp³-hybridized carbons (Fsp3) is 0.308. The lowest BCUT2D eigenvalue weighted by Gasteiger charge is -2.08. The lowest BCUT2D eigenvalue weighted by atomic mass is 10.2. The molecule has 0 heterocycles. The molecule has 1 unspecified atom stereocenters. The van der Waals surface area contributed by atoms with E-state index in [4.69, 9.17) is 0 Å². The first kappa shape index (κ1) is 12.5. The molecule has 0 aliphatic carbocycles. The zero-order valence-electron chi connectivity index (χ0n) is 9.64. The van der Waals surface area contributed by atoms with E-state index in [1.807, 2.05) is 42.5 Å². The number of esters is 1. The van der Waals surface area contributed by atoms with E-state index in [-0.39, 0.29) is 12.0 Å². The third-order valence-corrected chi connectivity index (χ3v) is 2.21. The number of hydrogen-bond acceptors (Lipinski definition) is 3. The van der Waals surface area contributed by atoms with Crippen molar-refractivity contribution in [3.63, 3.8) is 0 Å². The number of nitrogens with one attached hydrogen (secondary N) is 1. The van der Waals surface area contributed by atoms with Crippen LogP contribution in [0.3, 0.4) is 0 Å². The molecule has 0 aromatic heterocycles. The number of hydrogen-bond donors (Lipinski definition) is 1. The summed E-state index contributed by atoms with van der Waals surface area (Å²) in [5.74, 6) is -0.242. The SMILES string of the molecule is COC(=O)C(C)NC/C=C/c1ccccc1. The van der Waals surface area contributed by atoms with Gasteiger partial charge in [-0.2, -0.15) is 0 Å². The summed E-state index contributed by atoms with van der Waals surface area (Å²) < 4.78 is 4.60. The molecule has 1 N–H and O–H groups in total. The molecule has 0 aliphatic heterocycles. The fourth-order valence-electron chi connectivity index (χ4n) is 1.26. The van der Waals surface area contributed by atoms with Gasteiger partial charge in [0.25, 0.3) is 0 Å². The molecular formula is C13H17NO2. The second-order valence-electron chi connectivity index (χ2n) is 3.47. The van der Waals surface area contributed by atoms with Crippen LogP contribution in [0.15, 0.2) is 36.4 Å². The van der Waals surface area contributed by atoms with Crippen LogP contribution >= 0.6 is 0 Å². The Balaban J connectivity index is 2.31. The first-order valence-corrected chi connectivity index (χ1v) is 5.27. The second-order valence-corrected chi connectivity index (χ2v) is 3.47. The maximum Gasteiger partial charge on any atom is 0.322 e. The lowest BCUT2D eigenvalue weighted by Crippen LogP contribution is -2.34. The molecule has 86 valence electrons. The van der Waals surface area contributed by atoms with E-state index < -0.39 is 0 Å². The summed E-state index contributed by atoms with van der Waals surface area (Å²) in [6, 6.07) is 9.74. The van der Waals surface area contributed by atoms with E-state index in [1.54, 1.807) is 6.92 Å². The number of ether oxygens (including phenoxy) is 1. The van der Waals surface area contributed by atoms with Crippen molar-refractivity contribution in [1.29, 1.82) is 0 Å². The van der Waals surface area contributed by atoms with E-state index in [9.17, 15) is 4.79 Å². The van der Waals surface area contributed by atoms with Crippen molar-refractivity contribution in [3.05, 3.63) is 42.0 Å². The monoisotopic (exact) mass is 219 g/mol. The molecule has 1 rings (SSSR count). The quantitative estimate of drug-likeness (QED) is 0.768. The second kappa shape index (κ2) is 6.80. The van der Waals surface area contributed by atoms with Crippen LogP contribution in [-0.4, -0.2) is 25.7 Å². The number of carbonyl (C=O) groups excluding carboxylic acids is 1. The van der Waals surface area contributed by atoms with Crippen molar-refractivity contribution in [2.75, 3.05) is 13.7 Å². The third kappa shape index (κ3) is 4.28. The number of rotatable bonds is 5. The fourth-order valence-corrected chi connectivity index (χ4v) is 1.26. The summed E-state index contributed by atoms with van der Waals surface area (Å²) in [5.41, 5.74) is 1.15. The molecule has 1 aromatic rings. The summed E-state index contributed by atoms with van der Waals surface area (Å²) in [6.45, 7) is 2.42. The molecular weight excluding hydrogens is 202 g/mol. The highest BCUT2D eigenvalue weighted by molar-refractivity contribution is 5.75. The third-order valence-electron chi connectivity index (χ3n) is 2.21. The minimum Gasteiger partial charge on any atom is -0.468 e. The van der Waals surface area contributed by atoms with Gasteiger partial charge in [-0.15, -0.1) is 0 Å². The van der Waals surface area contributed by atoms with Crippen LogP contribution in [0.5, 0.6) is 0 Å². The summed E-state index contributed by atoms with van der Waals surface area (Å²) in [7, 11) is 1.39. The van der Waals surface area contributed by atoms with E-state index in [0.29, 0.717) is 6.54 Å². The Morgan fingerprint density at radius 1 is 1.44 bits per heavy atom. The van der Waals surface area contributed by atoms with E-state index >= 15 is 0 Å². The van der Waals surface area contributed by atoms with Gasteiger partial charge in [0.05, 0.1) is 7.11 Å². The van der Waals surface area contributed by atoms with Gasteiger partial charge in [-0.25, -0.2) is 0 Å². The highest BCUT2D eigenvalue weighted by Gasteiger charge is 2.09. The molecule has 0 aliphatic rings. The van der Waals surface area contributed by atoms with Gasteiger partial charge in [-0.05, 0) is 12.5 Å². The Labute approximate surface area is 96.1 Å². The van der Waals surface area contributed by atoms with Gasteiger partial charge >= 0.3 is 5.97 Å². The number of benzene rings is 1. The predicted molar refractivity (Wildman–Crippen MR) is 65.0 cm³/mol. The zero-order chi connectivity index (χ0) is 11.8. The molecule has 16 heavy (non-hydrogen) atoms. The molecule has 0 bridgehead atoms. The minimum atomic E-state index is -0.273.